The number of hydrogen-bond acceptors (Lipinski definition) is 1. The fraction of sp³-hybridized carbons (Fsp3) is 0.0364. The van der Waals surface area contributed by atoms with Gasteiger partial charge in [-0.05, 0) is 90.7 Å². The SMILES string of the molecule is C\C=C/C=C\C(=C/C)c1cc(-c2ccccc2)cc(-c2ccc(-c3cc(-n4c5ccccc5c5ccccc54)ccc3-n3c4ccccc4c4ccccc43)cc2)n1. The summed E-state index contributed by atoms with van der Waals surface area (Å²) in [6, 6.07) is 65.8. The molecule has 0 amide bonds. The van der Waals surface area contributed by atoms with E-state index in [1.807, 2.05) is 19.1 Å². The van der Waals surface area contributed by atoms with Gasteiger partial charge in [0.05, 0.1) is 39.1 Å². The maximum Gasteiger partial charge on any atom is 0.0715 e. The molecule has 0 unspecified atom stereocenters. The largest absolute Gasteiger partial charge is 0.309 e. The third-order valence-corrected chi connectivity index (χ3v) is 11.2. The molecule has 0 saturated carbocycles. The second-order valence-corrected chi connectivity index (χ2v) is 14.6. The summed E-state index contributed by atoms with van der Waals surface area (Å²) in [5.41, 5.74) is 15.6. The molecule has 10 aromatic rings. The van der Waals surface area contributed by atoms with Crippen molar-refractivity contribution in [2.24, 2.45) is 0 Å². The molecule has 0 fully saturated rings. The molecule has 10 rings (SSSR count). The van der Waals surface area contributed by atoms with Gasteiger partial charge in [0.2, 0.25) is 0 Å². The molecule has 58 heavy (non-hydrogen) atoms. The second kappa shape index (κ2) is 14.9. The highest BCUT2D eigenvalue weighted by Crippen LogP contribution is 2.40. The zero-order chi connectivity index (χ0) is 39.0. The summed E-state index contributed by atoms with van der Waals surface area (Å²) in [6.07, 6.45) is 10.4. The van der Waals surface area contributed by atoms with Crippen molar-refractivity contribution in [3.63, 3.8) is 0 Å². The third kappa shape index (κ3) is 6.05. The Morgan fingerprint density at radius 2 is 0.983 bits per heavy atom. The van der Waals surface area contributed by atoms with Gasteiger partial charge in [-0.25, -0.2) is 4.98 Å². The zero-order valence-corrected chi connectivity index (χ0v) is 32.5. The Morgan fingerprint density at radius 3 is 1.55 bits per heavy atom. The molecule has 0 N–H and O–H groups in total. The van der Waals surface area contributed by atoms with E-state index in [1.54, 1.807) is 0 Å². The van der Waals surface area contributed by atoms with Gasteiger partial charge in [-0.15, -0.1) is 0 Å². The van der Waals surface area contributed by atoms with Gasteiger partial charge in [0.25, 0.3) is 0 Å². The molecule has 3 heterocycles. The van der Waals surface area contributed by atoms with Gasteiger partial charge in [0.1, 0.15) is 0 Å². The summed E-state index contributed by atoms with van der Waals surface area (Å²) in [6.45, 7) is 4.10. The molecule has 0 radical (unpaired) electrons. The van der Waals surface area contributed by atoms with Crippen molar-refractivity contribution in [1.82, 2.24) is 14.1 Å². The maximum absolute atomic E-state index is 5.26. The lowest BCUT2D eigenvalue weighted by atomic mass is 9.97. The monoisotopic (exact) mass is 743 g/mol. The molecule has 3 nitrogen and oxygen atoms in total. The molecule has 3 heteroatoms. The molecule has 3 aromatic heterocycles. The number of nitrogens with zero attached hydrogens (tertiary/aromatic N) is 3. The van der Waals surface area contributed by atoms with E-state index in [1.165, 1.54) is 43.6 Å². The minimum Gasteiger partial charge on any atom is -0.309 e. The highest BCUT2D eigenvalue weighted by Gasteiger charge is 2.19. The number of benzene rings is 7. The quantitative estimate of drug-likeness (QED) is 0.142. The smallest absolute Gasteiger partial charge is 0.0715 e. The highest BCUT2D eigenvalue weighted by molar-refractivity contribution is 6.11. The topological polar surface area (TPSA) is 22.8 Å². The van der Waals surface area contributed by atoms with Crippen LogP contribution in [0.2, 0.25) is 0 Å². The number of rotatable bonds is 8. The first kappa shape index (κ1) is 35.0. The Morgan fingerprint density at radius 1 is 0.448 bits per heavy atom. The minimum absolute atomic E-state index is 0.934. The van der Waals surface area contributed by atoms with Gasteiger partial charge < -0.3 is 9.13 Å². The van der Waals surface area contributed by atoms with Crippen LogP contribution in [-0.2, 0) is 0 Å². The van der Waals surface area contributed by atoms with Crippen LogP contribution in [0.1, 0.15) is 19.5 Å². The summed E-state index contributed by atoms with van der Waals surface area (Å²) in [5.74, 6) is 0. The zero-order valence-electron chi connectivity index (χ0n) is 32.5. The van der Waals surface area contributed by atoms with Crippen LogP contribution in [0.3, 0.4) is 0 Å². The van der Waals surface area contributed by atoms with Crippen molar-refractivity contribution < 1.29 is 0 Å². The molecular formula is C55H41N3. The van der Waals surface area contributed by atoms with Gasteiger partial charge in [0.15, 0.2) is 0 Å². The molecule has 276 valence electrons. The van der Waals surface area contributed by atoms with Gasteiger partial charge in [-0.3, -0.25) is 0 Å². The van der Waals surface area contributed by atoms with Crippen molar-refractivity contribution in [3.05, 3.63) is 218 Å². The van der Waals surface area contributed by atoms with E-state index in [0.29, 0.717) is 0 Å². The maximum atomic E-state index is 5.26. The molecule has 0 spiro atoms. The average molecular weight is 744 g/mol. The van der Waals surface area contributed by atoms with Crippen LogP contribution in [0.4, 0.5) is 0 Å². The highest BCUT2D eigenvalue weighted by atomic mass is 15.0. The molecule has 7 aromatic carbocycles. The molecule has 0 saturated heterocycles. The van der Waals surface area contributed by atoms with Gasteiger partial charge in [-0.1, -0.05) is 158 Å². The summed E-state index contributed by atoms with van der Waals surface area (Å²) in [7, 11) is 0. The van der Waals surface area contributed by atoms with Gasteiger partial charge in [0, 0.05) is 38.4 Å². The molecule has 0 bridgehead atoms. The van der Waals surface area contributed by atoms with Crippen molar-refractivity contribution in [2.45, 2.75) is 13.8 Å². The van der Waals surface area contributed by atoms with Crippen LogP contribution >= 0.6 is 0 Å². The first-order valence-electron chi connectivity index (χ1n) is 20.0. The Labute approximate surface area is 338 Å². The fourth-order valence-electron chi connectivity index (χ4n) is 8.52. The number of pyridine rings is 1. The van der Waals surface area contributed by atoms with Crippen molar-refractivity contribution in [1.29, 1.82) is 0 Å². The lowest BCUT2D eigenvalue weighted by Crippen LogP contribution is -2.01. The van der Waals surface area contributed by atoms with E-state index < -0.39 is 0 Å². The van der Waals surface area contributed by atoms with E-state index in [-0.39, 0.29) is 0 Å². The summed E-state index contributed by atoms with van der Waals surface area (Å²) in [4.78, 5) is 5.26. The fourth-order valence-corrected chi connectivity index (χ4v) is 8.52. The summed E-state index contributed by atoms with van der Waals surface area (Å²) in [5, 5.41) is 4.98. The molecule has 0 aliphatic heterocycles. The predicted molar refractivity (Wildman–Crippen MR) is 247 cm³/mol. The Kier molecular flexibility index (Phi) is 8.96. The van der Waals surface area contributed by atoms with E-state index in [2.05, 4.69) is 216 Å². The number of allylic oxidation sites excluding steroid dienone is 6. The van der Waals surface area contributed by atoms with Crippen LogP contribution in [0.5, 0.6) is 0 Å². The van der Waals surface area contributed by atoms with E-state index in [0.717, 1.165) is 56.2 Å². The van der Waals surface area contributed by atoms with E-state index in [4.69, 9.17) is 4.98 Å². The van der Waals surface area contributed by atoms with Crippen LogP contribution in [-0.4, -0.2) is 14.1 Å². The van der Waals surface area contributed by atoms with E-state index >= 15 is 0 Å². The first-order chi connectivity index (χ1) is 28.7. The number of aromatic nitrogens is 3. The third-order valence-electron chi connectivity index (χ3n) is 11.2. The van der Waals surface area contributed by atoms with Crippen molar-refractivity contribution >= 4 is 49.2 Å². The van der Waals surface area contributed by atoms with Crippen LogP contribution in [0.15, 0.2) is 212 Å². The van der Waals surface area contributed by atoms with E-state index in [9.17, 15) is 0 Å². The Balaban J connectivity index is 1.17. The Bertz CT molecular complexity index is 3120. The normalized spacial score (nSPS) is 12.3. The molecule has 0 aliphatic carbocycles. The Hall–Kier alpha value is -7.49. The van der Waals surface area contributed by atoms with Crippen molar-refractivity contribution in [3.8, 4) is 44.9 Å². The van der Waals surface area contributed by atoms with Gasteiger partial charge in [-0.2, -0.15) is 0 Å². The molecule has 0 atom stereocenters. The number of para-hydroxylation sites is 4. The summed E-state index contributed by atoms with van der Waals surface area (Å²) < 4.78 is 4.84. The van der Waals surface area contributed by atoms with Gasteiger partial charge >= 0.3 is 0 Å². The number of hydrogen-bond donors (Lipinski definition) is 0. The summed E-state index contributed by atoms with van der Waals surface area (Å²) >= 11 is 0. The minimum atomic E-state index is 0.934. The first-order valence-corrected chi connectivity index (χ1v) is 20.0. The van der Waals surface area contributed by atoms with Crippen molar-refractivity contribution in [2.75, 3.05) is 0 Å². The number of fused-ring (bicyclic) bond motifs is 6. The van der Waals surface area contributed by atoms with Crippen LogP contribution in [0, 0.1) is 0 Å². The average Bonchev–Trinajstić information content (AvgIpc) is 3.81. The van der Waals surface area contributed by atoms with Crippen LogP contribution in [0.25, 0.3) is 94.1 Å². The predicted octanol–water partition coefficient (Wildman–Crippen LogP) is 14.8. The lowest BCUT2D eigenvalue weighted by molar-refractivity contribution is 1.15. The standard InChI is InChI=1S/C55H41N3/c1-3-5-7-18-38(4-2)49-35-42(39-19-8-6-9-20-39)36-50(56-49)41-31-29-40(30-32-41)48-37-43(57-51-25-14-10-21-44(51)45-22-11-15-26-52(45)57)33-34-55(48)58-53-27-16-12-23-46(53)47-24-13-17-28-54(47)58/h3-37H,1-2H3/b5-3-,18-7-,38-4+. The molecular weight excluding hydrogens is 703 g/mol. The van der Waals surface area contributed by atoms with Crippen LogP contribution < -0.4 is 0 Å². The lowest BCUT2D eigenvalue weighted by Gasteiger charge is -2.18. The molecule has 0 aliphatic rings. The second-order valence-electron chi connectivity index (χ2n) is 14.6.